The number of hydrogen-bond acceptors (Lipinski definition) is 4. The molecule has 0 spiro atoms. The first-order valence-electron chi connectivity index (χ1n) is 23.1. The fourth-order valence-corrected chi connectivity index (χ4v) is 9.73. The number of pyridine rings is 1. The van der Waals surface area contributed by atoms with Gasteiger partial charge in [-0.2, -0.15) is 0 Å². The first-order chi connectivity index (χ1) is 32.9. The van der Waals surface area contributed by atoms with Gasteiger partial charge in [-0.1, -0.05) is 128 Å². The van der Waals surface area contributed by atoms with E-state index in [1.807, 2.05) is 111 Å². The maximum atomic E-state index is 15.9. The maximum absolute atomic E-state index is 15.9. The van der Waals surface area contributed by atoms with Gasteiger partial charge in [0.05, 0.1) is 33.7 Å². The van der Waals surface area contributed by atoms with Gasteiger partial charge in [-0.15, -0.1) is 0 Å². The Morgan fingerprint density at radius 2 is 1.19 bits per heavy atom. The molecule has 0 aliphatic carbocycles. The summed E-state index contributed by atoms with van der Waals surface area (Å²) in [6.07, 6.45) is 1.86. The molecule has 0 unspecified atom stereocenters. The number of fused-ring (bicyclic) bond motifs is 4. The summed E-state index contributed by atoms with van der Waals surface area (Å²) >= 11 is 0. The number of aromatic nitrogens is 2. The van der Waals surface area contributed by atoms with E-state index in [0.717, 1.165) is 61.3 Å². The van der Waals surface area contributed by atoms with Crippen molar-refractivity contribution in [2.45, 2.75) is 72.1 Å². The molecule has 0 saturated carbocycles. The van der Waals surface area contributed by atoms with Crippen LogP contribution in [0.1, 0.15) is 78.0 Å². The predicted molar refractivity (Wildman–Crippen MR) is 269 cm³/mol. The van der Waals surface area contributed by atoms with E-state index < -0.39 is 40.1 Å². The number of benzene rings is 7. The van der Waals surface area contributed by atoms with Crippen LogP contribution in [0, 0.1) is 29.1 Å². The standard InChI is InChI=1S/C59H51F5N4O/c1-34(2)40-16-9-10-17-41(40)35-28-37(31-39(29-35)69-38-24-25-43-42-18-11-12-21-46(42)68(49(43)32-38)50-30-36(26-27-65-50)58(3,4)5)66-33-67(48-23-14-13-22-47(48)66)57-44(19-15-20-45(57)59(6,7)8)51-52(60)54(62)56(64)55(63)53(51)61/h9-32,34H,33H2,1-8H3. The lowest BCUT2D eigenvalue weighted by molar-refractivity contribution is 0.381. The minimum absolute atomic E-state index is 0.0932. The Morgan fingerprint density at radius 3 is 1.90 bits per heavy atom. The molecule has 5 nitrogen and oxygen atoms in total. The lowest BCUT2D eigenvalue weighted by atomic mass is 9.83. The second-order valence-electron chi connectivity index (χ2n) is 20.1. The smallest absolute Gasteiger partial charge is 0.200 e. The van der Waals surface area contributed by atoms with E-state index >= 15 is 17.6 Å². The van der Waals surface area contributed by atoms with Crippen LogP contribution in [0.3, 0.4) is 0 Å². The van der Waals surface area contributed by atoms with Gasteiger partial charge in [0.1, 0.15) is 24.0 Å². The van der Waals surface area contributed by atoms with Crippen molar-refractivity contribution < 1.29 is 26.7 Å². The minimum Gasteiger partial charge on any atom is -0.457 e. The topological polar surface area (TPSA) is 33.5 Å². The molecule has 1 aliphatic rings. The van der Waals surface area contributed by atoms with Crippen LogP contribution >= 0.6 is 0 Å². The first kappa shape index (κ1) is 45.3. The summed E-state index contributed by atoms with van der Waals surface area (Å²) in [5.41, 5.74) is 7.52. The summed E-state index contributed by atoms with van der Waals surface area (Å²) in [6, 6.07) is 45.4. The van der Waals surface area contributed by atoms with Crippen LogP contribution in [0.4, 0.5) is 44.7 Å². The molecule has 7 aromatic carbocycles. The van der Waals surface area contributed by atoms with Crippen molar-refractivity contribution in [2.75, 3.05) is 16.5 Å². The zero-order valence-corrected chi connectivity index (χ0v) is 39.7. The lowest BCUT2D eigenvalue weighted by Crippen LogP contribution is -2.27. The Kier molecular flexibility index (Phi) is 11.1. The molecule has 0 radical (unpaired) electrons. The lowest BCUT2D eigenvalue weighted by Gasteiger charge is -2.32. The number of para-hydroxylation sites is 4. The minimum atomic E-state index is -2.21. The second kappa shape index (κ2) is 16.9. The van der Waals surface area contributed by atoms with Crippen LogP contribution in [0.2, 0.25) is 0 Å². The van der Waals surface area contributed by atoms with Gasteiger partial charge < -0.3 is 14.5 Å². The highest BCUT2D eigenvalue weighted by molar-refractivity contribution is 6.09. The Bertz CT molecular complexity index is 3460. The van der Waals surface area contributed by atoms with Crippen LogP contribution in [0.15, 0.2) is 146 Å². The van der Waals surface area contributed by atoms with E-state index in [0.29, 0.717) is 28.4 Å². The average molecular weight is 927 g/mol. The van der Waals surface area contributed by atoms with Crippen LogP contribution in [0.5, 0.6) is 11.5 Å². The number of ether oxygens (including phenoxy) is 1. The van der Waals surface area contributed by atoms with Crippen molar-refractivity contribution >= 4 is 44.6 Å². The molecule has 0 amide bonds. The van der Waals surface area contributed by atoms with E-state index in [-0.39, 0.29) is 23.6 Å². The normalized spacial score (nSPS) is 13.0. The third-order valence-electron chi connectivity index (χ3n) is 13.2. The van der Waals surface area contributed by atoms with Crippen LogP contribution in [-0.2, 0) is 10.8 Å². The van der Waals surface area contributed by atoms with E-state index in [2.05, 4.69) is 92.6 Å². The number of halogens is 5. The predicted octanol–water partition coefficient (Wildman–Crippen LogP) is 17.0. The summed E-state index contributed by atoms with van der Waals surface area (Å²) in [5.74, 6) is -7.84. The summed E-state index contributed by atoms with van der Waals surface area (Å²) in [4.78, 5) is 8.85. The van der Waals surface area contributed by atoms with Crippen LogP contribution in [-0.4, -0.2) is 16.2 Å². The van der Waals surface area contributed by atoms with E-state index in [4.69, 9.17) is 9.72 Å². The van der Waals surface area contributed by atoms with Gasteiger partial charge >= 0.3 is 0 Å². The Hall–Kier alpha value is -7.46. The molecule has 0 atom stereocenters. The first-order valence-corrected chi connectivity index (χ1v) is 23.1. The fraction of sp³-hybridized carbons (Fsp3) is 0.203. The summed E-state index contributed by atoms with van der Waals surface area (Å²) in [5, 5.41) is 2.14. The van der Waals surface area contributed by atoms with Crippen molar-refractivity contribution in [2.24, 2.45) is 0 Å². The number of anilines is 4. The van der Waals surface area contributed by atoms with Gasteiger partial charge in [0.2, 0.25) is 5.82 Å². The van der Waals surface area contributed by atoms with Crippen molar-refractivity contribution in [3.8, 4) is 39.6 Å². The Balaban J connectivity index is 1.14. The SMILES string of the molecule is CC(C)c1ccccc1-c1cc(Oc2ccc3c4ccccc4n(-c4cc(C(C)(C)C)ccn4)c3c2)cc(N2CN(c3c(-c4c(F)c(F)c(F)c(F)c4F)cccc3C(C)(C)C)c3ccccc32)c1. The molecule has 9 aromatic rings. The van der Waals surface area contributed by atoms with Gasteiger partial charge in [-0.05, 0) is 99.2 Å². The number of rotatable bonds is 8. The van der Waals surface area contributed by atoms with E-state index in [1.54, 1.807) is 6.07 Å². The molecule has 0 fully saturated rings. The van der Waals surface area contributed by atoms with Crippen molar-refractivity contribution in [3.05, 3.63) is 191 Å². The largest absolute Gasteiger partial charge is 0.457 e. The molecular formula is C59H51F5N4O. The molecule has 0 N–H and O–H groups in total. The molecule has 348 valence electrons. The molecule has 3 heterocycles. The zero-order valence-electron chi connectivity index (χ0n) is 39.7. The summed E-state index contributed by atoms with van der Waals surface area (Å²) < 4.78 is 85.4. The maximum Gasteiger partial charge on any atom is 0.200 e. The third kappa shape index (κ3) is 7.85. The zero-order chi connectivity index (χ0) is 48.7. The van der Waals surface area contributed by atoms with Gasteiger partial charge in [0.15, 0.2) is 23.3 Å². The molecule has 10 heteroatoms. The highest BCUT2D eigenvalue weighted by Gasteiger charge is 2.36. The Labute approximate surface area is 399 Å². The van der Waals surface area contributed by atoms with Gasteiger partial charge in [-0.3, -0.25) is 4.57 Å². The average Bonchev–Trinajstić information content (AvgIpc) is 3.88. The molecule has 69 heavy (non-hydrogen) atoms. The third-order valence-corrected chi connectivity index (χ3v) is 13.2. The molecular weight excluding hydrogens is 876 g/mol. The molecule has 0 bridgehead atoms. The van der Waals surface area contributed by atoms with E-state index in [1.165, 1.54) is 6.07 Å². The van der Waals surface area contributed by atoms with Crippen molar-refractivity contribution in [3.63, 3.8) is 0 Å². The van der Waals surface area contributed by atoms with Crippen LogP contribution < -0.4 is 14.5 Å². The monoisotopic (exact) mass is 926 g/mol. The summed E-state index contributed by atoms with van der Waals surface area (Å²) in [7, 11) is 0. The quantitative estimate of drug-likeness (QED) is 0.0864. The Morgan fingerprint density at radius 1 is 0.551 bits per heavy atom. The molecule has 10 rings (SSSR count). The highest BCUT2D eigenvalue weighted by atomic mass is 19.2. The second-order valence-corrected chi connectivity index (χ2v) is 20.1. The van der Waals surface area contributed by atoms with E-state index in [9.17, 15) is 4.39 Å². The van der Waals surface area contributed by atoms with Crippen molar-refractivity contribution in [1.29, 1.82) is 0 Å². The molecule has 1 aliphatic heterocycles. The molecule has 2 aromatic heterocycles. The van der Waals surface area contributed by atoms with Crippen LogP contribution in [0.25, 0.3) is 49.9 Å². The van der Waals surface area contributed by atoms with Gasteiger partial charge in [0, 0.05) is 40.4 Å². The van der Waals surface area contributed by atoms with Gasteiger partial charge in [-0.25, -0.2) is 26.9 Å². The van der Waals surface area contributed by atoms with Gasteiger partial charge in [0.25, 0.3) is 0 Å². The molecule has 0 saturated heterocycles. The number of hydrogen-bond donors (Lipinski definition) is 0. The highest BCUT2D eigenvalue weighted by Crippen LogP contribution is 2.52. The fourth-order valence-electron chi connectivity index (χ4n) is 9.73. The summed E-state index contributed by atoms with van der Waals surface area (Å²) in [6.45, 7) is 16.8. The van der Waals surface area contributed by atoms with Crippen molar-refractivity contribution in [1.82, 2.24) is 9.55 Å². The number of nitrogens with zero attached hydrogens (tertiary/aromatic N) is 4.